The molecule has 2 aromatic carbocycles. The Morgan fingerprint density at radius 2 is 2.03 bits per heavy atom. The van der Waals surface area contributed by atoms with Gasteiger partial charge in [0.25, 0.3) is 11.5 Å². The van der Waals surface area contributed by atoms with Crippen LogP contribution in [0, 0.1) is 6.92 Å². The predicted molar refractivity (Wildman–Crippen MR) is 117 cm³/mol. The molecular weight excluding hydrogens is 392 g/mol. The third-order valence-corrected chi connectivity index (χ3v) is 5.09. The highest BCUT2D eigenvalue weighted by Crippen LogP contribution is 2.23. The van der Waals surface area contributed by atoms with Gasteiger partial charge >= 0.3 is 0 Å². The first-order valence-electron chi connectivity index (χ1n) is 9.75. The lowest BCUT2D eigenvalue weighted by atomic mass is 10.1. The number of carbonyl (C=O) groups is 1. The molecule has 3 heterocycles. The summed E-state index contributed by atoms with van der Waals surface area (Å²) in [5.74, 6) is -0.248. The number of aromatic amines is 1. The van der Waals surface area contributed by atoms with Crippen molar-refractivity contribution in [3.05, 3.63) is 94.0 Å². The van der Waals surface area contributed by atoms with Crippen molar-refractivity contribution < 1.29 is 4.79 Å². The molecule has 3 aromatic heterocycles. The average Bonchev–Trinajstić information content (AvgIpc) is 3.22. The minimum atomic E-state index is -0.368. The van der Waals surface area contributed by atoms with Gasteiger partial charge in [0.05, 0.1) is 10.9 Å². The third kappa shape index (κ3) is 3.44. The molecule has 8 heteroatoms. The number of hydrogen-bond acceptors (Lipinski definition) is 5. The second-order valence-corrected chi connectivity index (χ2v) is 7.28. The van der Waals surface area contributed by atoms with Crippen molar-refractivity contribution in [1.82, 2.24) is 30.1 Å². The number of amides is 1. The van der Waals surface area contributed by atoms with Gasteiger partial charge in [0.2, 0.25) is 0 Å². The van der Waals surface area contributed by atoms with Crippen molar-refractivity contribution in [3.63, 3.8) is 0 Å². The lowest BCUT2D eigenvalue weighted by Gasteiger charge is -2.07. The number of fused-ring (bicyclic) bond motifs is 3. The van der Waals surface area contributed by atoms with E-state index in [0.717, 1.165) is 16.7 Å². The first kappa shape index (κ1) is 18.7. The molecule has 0 fully saturated rings. The molecule has 0 aliphatic heterocycles. The van der Waals surface area contributed by atoms with E-state index in [-0.39, 0.29) is 11.5 Å². The van der Waals surface area contributed by atoms with Crippen molar-refractivity contribution in [2.75, 3.05) is 0 Å². The van der Waals surface area contributed by atoms with Gasteiger partial charge < -0.3 is 5.32 Å². The van der Waals surface area contributed by atoms with Crippen LogP contribution in [0.15, 0.2) is 71.8 Å². The number of nitrogens with one attached hydrogen (secondary N) is 2. The van der Waals surface area contributed by atoms with Crippen LogP contribution in [0.25, 0.3) is 27.8 Å². The topological polar surface area (TPSA) is 105 Å². The summed E-state index contributed by atoms with van der Waals surface area (Å²) in [5.41, 5.74) is 4.43. The van der Waals surface area contributed by atoms with Gasteiger partial charge in [-0.25, -0.2) is 9.73 Å². The number of nitrogens with zero attached hydrogens (tertiary/aromatic N) is 4. The van der Waals surface area contributed by atoms with E-state index in [1.807, 2.05) is 43.3 Å². The Morgan fingerprint density at radius 1 is 1.13 bits per heavy atom. The monoisotopic (exact) mass is 410 g/mol. The number of benzene rings is 2. The van der Waals surface area contributed by atoms with E-state index >= 15 is 0 Å². The van der Waals surface area contributed by atoms with Crippen LogP contribution < -0.4 is 10.9 Å². The zero-order valence-electron chi connectivity index (χ0n) is 16.7. The zero-order chi connectivity index (χ0) is 21.4. The van der Waals surface area contributed by atoms with Crippen LogP contribution in [0.1, 0.15) is 21.5 Å². The number of hydrogen-bond donors (Lipinski definition) is 2. The van der Waals surface area contributed by atoms with E-state index in [1.54, 1.807) is 35.1 Å². The fraction of sp³-hybridized carbons (Fsp3) is 0.0870. The molecule has 31 heavy (non-hydrogen) atoms. The van der Waals surface area contributed by atoms with Crippen LogP contribution in [0.5, 0.6) is 0 Å². The molecule has 0 saturated heterocycles. The lowest BCUT2D eigenvalue weighted by molar-refractivity contribution is 0.0951. The van der Waals surface area contributed by atoms with Crippen LogP contribution in [-0.4, -0.2) is 30.7 Å². The minimum Gasteiger partial charge on any atom is -0.348 e. The maximum Gasteiger partial charge on any atom is 0.281 e. The van der Waals surface area contributed by atoms with Crippen molar-refractivity contribution in [3.8, 4) is 11.3 Å². The molecule has 5 rings (SSSR count). The molecule has 0 saturated carbocycles. The maximum absolute atomic E-state index is 12.7. The second kappa shape index (κ2) is 7.49. The first-order valence-corrected chi connectivity index (χ1v) is 9.75. The van der Waals surface area contributed by atoms with E-state index in [1.165, 1.54) is 0 Å². The summed E-state index contributed by atoms with van der Waals surface area (Å²) in [4.78, 5) is 33.6. The standard InChI is InChI=1S/C23H18N6O2/c1-14-4-2-6-16(10-14)20-21-26-23(31)18-8-7-17(11-19(18)29(21)28-27-20)22(30)25-13-15-5-3-9-24-12-15/h2-12,28H,13H2,1H3,(H,25,30). The molecule has 0 aliphatic carbocycles. The number of rotatable bonds is 4. The van der Waals surface area contributed by atoms with E-state index in [9.17, 15) is 9.59 Å². The summed E-state index contributed by atoms with van der Waals surface area (Å²) in [6, 6.07) is 16.4. The van der Waals surface area contributed by atoms with Crippen molar-refractivity contribution in [1.29, 1.82) is 0 Å². The van der Waals surface area contributed by atoms with Crippen LogP contribution in [-0.2, 0) is 6.54 Å². The SMILES string of the molecule is Cc1cccc(-c2n[nH]n3c2nc(=O)c2ccc(C(=O)NCc4cccnc4)cc23)c1. The quantitative estimate of drug-likeness (QED) is 0.474. The maximum atomic E-state index is 12.7. The van der Waals surface area contributed by atoms with Crippen LogP contribution in [0.4, 0.5) is 0 Å². The fourth-order valence-electron chi connectivity index (χ4n) is 3.54. The molecule has 0 spiro atoms. The predicted octanol–water partition coefficient (Wildman–Crippen LogP) is 2.87. The Bertz CT molecular complexity index is 1490. The largest absolute Gasteiger partial charge is 0.348 e. The van der Waals surface area contributed by atoms with Gasteiger partial charge in [-0.2, -0.15) is 10.1 Å². The average molecular weight is 410 g/mol. The number of aromatic nitrogens is 5. The Balaban J connectivity index is 1.56. The Kier molecular flexibility index (Phi) is 4.51. The normalized spacial score (nSPS) is 11.1. The first-order chi connectivity index (χ1) is 15.1. The van der Waals surface area contributed by atoms with Crippen LogP contribution in [0.3, 0.4) is 0 Å². The van der Waals surface area contributed by atoms with E-state index in [0.29, 0.717) is 34.4 Å². The van der Waals surface area contributed by atoms with E-state index in [2.05, 4.69) is 25.6 Å². The molecule has 5 aromatic rings. The molecule has 8 nitrogen and oxygen atoms in total. The number of pyridine rings is 1. The van der Waals surface area contributed by atoms with Crippen molar-refractivity contribution in [2.45, 2.75) is 13.5 Å². The lowest BCUT2D eigenvalue weighted by Crippen LogP contribution is -2.23. The molecule has 0 radical (unpaired) electrons. The summed E-state index contributed by atoms with van der Waals surface area (Å²) < 4.78 is 1.63. The zero-order valence-corrected chi connectivity index (χ0v) is 16.7. The number of H-pyrrole nitrogens is 1. The molecule has 0 bridgehead atoms. The van der Waals surface area contributed by atoms with Gasteiger partial charge in [0.15, 0.2) is 5.65 Å². The van der Waals surface area contributed by atoms with Crippen LogP contribution >= 0.6 is 0 Å². The highest BCUT2D eigenvalue weighted by molar-refractivity contribution is 5.98. The minimum absolute atomic E-state index is 0.248. The number of carbonyl (C=O) groups excluding carboxylic acids is 1. The number of aryl methyl sites for hydroxylation is 1. The molecule has 0 atom stereocenters. The summed E-state index contributed by atoms with van der Waals surface area (Å²) in [5, 5.41) is 10.6. The highest BCUT2D eigenvalue weighted by Gasteiger charge is 2.16. The molecule has 0 unspecified atom stereocenters. The highest BCUT2D eigenvalue weighted by atomic mass is 16.1. The fourth-order valence-corrected chi connectivity index (χ4v) is 3.54. The van der Waals surface area contributed by atoms with Crippen LogP contribution in [0.2, 0.25) is 0 Å². The third-order valence-electron chi connectivity index (χ3n) is 5.09. The molecular formula is C23H18N6O2. The van der Waals surface area contributed by atoms with Crippen molar-refractivity contribution >= 4 is 22.5 Å². The Labute approximate surface area is 176 Å². The van der Waals surface area contributed by atoms with E-state index < -0.39 is 0 Å². The molecule has 152 valence electrons. The van der Waals surface area contributed by atoms with Gasteiger partial charge in [-0.3, -0.25) is 14.6 Å². The van der Waals surface area contributed by atoms with Gasteiger partial charge in [-0.15, -0.1) is 0 Å². The molecule has 0 aliphatic rings. The van der Waals surface area contributed by atoms with Crippen molar-refractivity contribution in [2.24, 2.45) is 0 Å². The summed E-state index contributed by atoms with van der Waals surface area (Å²) >= 11 is 0. The second-order valence-electron chi connectivity index (χ2n) is 7.28. The van der Waals surface area contributed by atoms with Gasteiger partial charge in [-0.05, 0) is 42.8 Å². The molecule has 2 N–H and O–H groups in total. The summed E-state index contributed by atoms with van der Waals surface area (Å²) in [6.45, 7) is 2.35. The van der Waals surface area contributed by atoms with Gasteiger partial charge in [0.1, 0.15) is 5.69 Å². The van der Waals surface area contributed by atoms with Gasteiger partial charge in [-0.1, -0.05) is 29.8 Å². The van der Waals surface area contributed by atoms with Gasteiger partial charge in [0, 0.05) is 30.1 Å². The summed E-state index contributed by atoms with van der Waals surface area (Å²) in [6.07, 6.45) is 3.38. The Morgan fingerprint density at radius 3 is 2.84 bits per heavy atom. The summed E-state index contributed by atoms with van der Waals surface area (Å²) in [7, 11) is 0. The molecule has 1 amide bonds. The van der Waals surface area contributed by atoms with E-state index in [4.69, 9.17) is 0 Å². The smallest absolute Gasteiger partial charge is 0.281 e. The Hall–Kier alpha value is -4.33.